The summed E-state index contributed by atoms with van der Waals surface area (Å²) in [4.78, 5) is 17.4. The molecule has 0 saturated carbocycles. The van der Waals surface area contributed by atoms with Gasteiger partial charge in [-0.3, -0.25) is 10.1 Å². The standard InChI is InChI=1S/C20H16Cl2N2O2S/c1-26-15-6-2-13(3-7-15)10-16-12-23-20(27-16)24-19(25)9-5-14-4-8-17(21)18(22)11-14/h2-9,11-12H,10H2,1H3,(H,23,24,25). The highest BCUT2D eigenvalue weighted by Gasteiger charge is 2.06. The van der Waals surface area contributed by atoms with Gasteiger partial charge in [0, 0.05) is 23.6 Å². The zero-order chi connectivity index (χ0) is 19.2. The summed E-state index contributed by atoms with van der Waals surface area (Å²) in [5, 5.41) is 4.25. The Kier molecular flexibility index (Phi) is 6.50. The summed E-state index contributed by atoms with van der Waals surface area (Å²) in [5.74, 6) is 0.566. The number of hydrogen-bond donors (Lipinski definition) is 1. The molecule has 2 aromatic carbocycles. The van der Waals surface area contributed by atoms with Crippen molar-refractivity contribution in [3.8, 4) is 5.75 Å². The fourth-order valence-electron chi connectivity index (χ4n) is 2.33. The Morgan fingerprint density at radius 1 is 1.19 bits per heavy atom. The third-order valence-electron chi connectivity index (χ3n) is 3.69. The Morgan fingerprint density at radius 3 is 2.67 bits per heavy atom. The second-order valence-electron chi connectivity index (χ2n) is 5.65. The normalized spacial score (nSPS) is 10.9. The maximum absolute atomic E-state index is 12.1. The molecule has 0 aliphatic carbocycles. The van der Waals surface area contributed by atoms with Crippen LogP contribution >= 0.6 is 34.5 Å². The van der Waals surface area contributed by atoms with Gasteiger partial charge in [0.15, 0.2) is 5.13 Å². The minimum atomic E-state index is -0.258. The van der Waals surface area contributed by atoms with Gasteiger partial charge in [-0.25, -0.2) is 4.98 Å². The molecule has 3 aromatic rings. The number of nitrogens with one attached hydrogen (secondary N) is 1. The van der Waals surface area contributed by atoms with Crippen LogP contribution in [0.1, 0.15) is 16.0 Å². The van der Waals surface area contributed by atoms with Gasteiger partial charge in [0.05, 0.1) is 17.2 Å². The lowest BCUT2D eigenvalue weighted by Crippen LogP contribution is -2.07. The first kappa shape index (κ1) is 19.4. The number of rotatable bonds is 6. The molecule has 1 aromatic heterocycles. The fourth-order valence-corrected chi connectivity index (χ4v) is 3.48. The number of nitrogens with zero attached hydrogens (tertiary/aromatic N) is 1. The van der Waals surface area contributed by atoms with Crippen LogP contribution in [-0.4, -0.2) is 18.0 Å². The summed E-state index contributed by atoms with van der Waals surface area (Å²) in [6, 6.07) is 13.0. The summed E-state index contributed by atoms with van der Waals surface area (Å²) in [6.07, 6.45) is 5.62. The molecule has 3 rings (SSSR count). The van der Waals surface area contributed by atoms with E-state index in [-0.39, 0.29) is 5.91 Å². The molecular formula is C20H16Cl2N2O2S. The molecule has 0 unspecified atom stereocenters. The maximum Gasteiger partial charge on any atom is 0.250 e. The second-order valence-corrected chi connectivity index (χ2v) is 7.58. The summed E-state index contributed by atoms with van der Waals surface area (Å²) < 4.78 is 5.16. The van der Waals surface area contributed by atoms with Crippen LogP contribution in [0.4, 0.5) is 5.13 Å². The number of aromatic nitrogens is 1. The minimum Gasteiger partial charge on any atom is -0.497 e. The highest BCUT2D eigenvalue weighted by Crippen LogP contribution is 2.24. The Balaban J connectivity index is 1.58. The van der Waals surface area contributed by atoms with Crippen LogP contribution in [0.25, 0.3) is 6.08 Å². The third-order valence-corrected chi connectivity index (χ3v) is 5.34. The molecular weight excluding hydrogens is 403 g/mol. The van der Waals surface area contributed by atoms with Gasteiger partial charge in [-0.15, -0.1) is 11.3 Å². The van der Waals surface area contributed by atoms with Crippen molar-refractivity contribution >= 4 is 51.7 Å². The van der Waals surface area contributed by atoms with Crippen molar-refractivity contribution in [1.29, 1.82) is 0 Å². The lowest BCUT2D eigenvalue weighted by molar-refractivity contribution is -0.111. The van der Waals surface area contributed by atoms with Crippen molar-refractivity contribution in [3.63, 3.8) is 0 Å². The van der Waals surface area contributed by atoms with Gasteiger partial charge in [0.2, 0.25) is 5.91 Å². The molecule has 0 bridgehead atoms. The molecule has 1 amide bonds. The number of thiazole rings is 1. The van der Waals surface area contributed by atoms with Crippen LogP contribution in [-0.2, 0) is 11.2 Å². The quantitative estimate of drug-likeness (QED) is 0.522. The van der Waals surface area contributed by atoms with Crippen LogP contribution in [0.3, 0.4) is 0 Å². The molecule has 27 heavy (non-hydrogen) atoms. The van der Waals surface area contributed by atoms with E-state index in [9.17, 15) is 4.79 Å². The molecule has 0 radical (unpaired) electrons. The molecule has 1 heterocycles. The Hall–Kier alpha value is -2.34. The number of hydrogen-bond acceptors (Lipinski definition) is 4. The Labute approximate surface area is 171 Å². The van der Waals surface area contributed by atoms with E-state index in [4.69, 9.17) is 27.9 Å². The van der Waals surface area contributed by atoms with Gasteiger partial charge in [0.1, 0.15) is 5.75 Å². The zero-order valence-corrected chi connectivity index (χ0v) is 16.7. The molecule has 0 aliphatic heterocycles. The van der Waals surface area contributed by atoms with Gasteiger partial charge in [0.25, 0.3) is 0 Å². The van der Waals surface area contributed by atoms with E-state index in [2.05, 4.69) is 10.3 Å². The van der Waals surface area contributed by atoms with Crippen LogP contribution in [0.2, 0.25) is 10.0 Å². The minimum absolute atomic E-state index is 0.258. The Bertz CT molecular complexity index is 968. The zero-order valence-electron chi connectivity index (χ0n) is 14.4. The van der Waals surface area contributed by atoms with E-state index >= 15 is 0 Å². The van der Waals surface area contributed by atoms with Gasteiger partial charge in [-0.1, -0.05) is 41.4 Å². The van der Waals surface area contributed by atoms with Gasteiger partial charge in [-0.2, -0.15) is 0 Å². The number of amides is 1. The van der Waals surface area contributed by atoms with Gasteiger partial charge < -0.3 is 4.74 Å². The molecule has 0 spiro atoms. The van der Waals surface area contributed by atoms with Gasteiger partial charge in [-0.05, 0) is 41.5 Å². The van der Waals surface area contributed by atoms with E-state index in [1.54, 1.807) is 37.6 Å². The number of carbonyl (C=O) groups is 1. The number of methoxy groups -OCH3 is 1. The molecule has 0 fully saturated rings. The highest BCUT2D eigenvalue weighted by atomic mass is 35.5. The molecule has 1 N–H and O–H groups in total. The maximum atomic E-state index is 12.1. The van der Waals surface area contributed by atoms with Crippen molar-refractivity contribution in [2.24, 2.45) is 0 Å². The largest absolute Gasteiger partial charge is 0.497 e. The Morgan fingerprint density at radius 2 is 1.96 bits per heavy atom. The van der Waals surface area contributed by atoms with E-state index in [0.29, 0.717) is 15.2 Å². The highest BCUT2D eigenvalue weighted by molar-refractivity contribution is 7.15. The lowest BCUT2D eigenvalue weighted by Gasteiger charge is -2.01. The number of anilines is 1. The van der Waals surface area contributed by atoms with E-state index < -0.39 is 0 Å². The summed E-state index contributed by atoms with van der Waals surface area (Å²) in [5.41, 5.74) is 1.94. The summed E-state index contributed by atoms with van der Waals surface area (Å²) >= 11 is 13.3. The third kappa shape index (κ3) is 5.57. The smallest absolute Gasteiger partial charge is 0.250 e. The number of halogens is 2. The first-order chi connectivity index (χ1) is 13.0. The average Bonchev–Trinajstić information content (AvgIpc) is 3.10. The molecule has 0 saturated heterocycles. The predicted molar refractivity (Wildman–Crippen MR) is 112 cm³/mol. The van der Waals surface area contributed by atoms with Crippen molar-refractivity contribution in [2.45, 2.75) is 6.42 Å². The lowest BCUT2D eigenvalue weighted by atomic mass is 10.1. The molecule has 0 atom stereocenters. The second kappa shape index (κ2) is 9.04. The van der Waals surface area contributed by atoms with Crippen molar-refractivity contribution in [2.75, 3.05) is 12.4 Å². The van der Waals surface area contributed by atoms with Crippen LogP contribution in [0.5, 0.6) is 5.75 Å². The summed E-state index contributed by atoms with van der Waals surface area (Å²) in [7, 11) is 1.64. The molecule has 138 valence electrons. The predicted octanol–water partition coefficient (Wildman–Crippen LogP) is 5.70. The SMILES string of the molecule is COc1ccc(Cc2cnc(NC(=O)C=Cc3ccc(Cl)c(Cl)c3)s2)cc1. The van der Waals surface area contributed by atoms with Crippen LogP contribution in [0, 0.1) is 0 Å². The summed E-state index contributed by atoms with van der Waals surface area (Å²) in [6.45, 7) is 0. The first-order valence-electron chi connectivity index (χ1n) is 8.05. The van der Waals surface area contributed by atoms with E-state index in [1.165, 1.54) is 17.4 Å². The van der Waals surface area contributed by atoms with Crippen molar-refractivity contribution in [1.82, 2.24) is 4.98 Å². The average molecular weight is 419 g/mol. The van der Waals surface area contributed by atoms with Crippen molar-refractivity contribution < 1.29 is 9.53 Å². The van der Waals surface area contributed by atoms with Crippen molar-refractivity contribution in [3.05, 3.63) is 80.8 Å². The van der Waals surface area contributed by atoms with Crippen LogP contribution < -0.4 is 10.1 Å². The topological polar surface area (TPSA) is 51.2 Å². The van der Waals surface area contributed by atoms with E-state index in [1.807, 2.05) is 24.3 Å². The number of benzene rings is 2. The fraction of sp³-hybridized carbons (Fsp3) is 0.100. The monoisotopic (exact) mass is 418 g/mol. The molecule has 7 heteroatoms. The van der Waals surface area contributed by atoms with Crippen LogP contribution in [0.15, 0.2) is 54.7 Å². The number of ether oxygens (including phenoxy) is 1. The van der Waals surface area contributed by atoms with E-state index in [0.717, 1.165) is 28.2 Å². The number of carbonyl (C=O) groups excluding carboxylic acids is 1. The molecule has 4 nitrogen and oxygen atoms in total. The first-order valence-corrected chi connectivity index (χ1v) is 9.62. The van der Waals surface area contributed by atoms with Gasteiger partial charge >= 0.3 is 0 Å². The molecule has 0 aliphatic rings.